The summed E-state index contributed by atoms with van der Waals surface area (Å²) in [4.78, 5) is 16.2. The lowest BCUT2D eigenvalue weighted by molar-refractivity contribution is -0.137. The maximum atomic E-state index is 12.7. The lowest BCUT2D eigenvalue weighted by atomic mass is 10.1. The van der Waals surface area contributed by atoms with Gasteiger partial charge in [-0.25, -0.2) is 4.98 Å². The molecule has 1 aliphatic carbocycles. The third-order valence-electron chi connectivity index (χ3n) is 3.93. The minimum absolute atomic E-state index is 0.0948. The number of aromatic nitrogens is 1. The molecule has 23 heavy (non-hydrogen) atoms. The SMILES string of the molecule is O=C(NCCc1cscn1)C1CC1c1cccc(C(F)(F)F)c1. The quantitative estimate of drug-likeness (QED) is 0.903. The molecule has 7 heteroatoms. The number of carbonyl (C=O) groups excluding carboxylic acids is 1. The molecule has 1 aromatic carbocycles. The Labute approximate surface area is 135 Å². The van der Waals surface area contributed by atoms with E-state index in [2.05, 4.69) is 10.3 Å². The Bertz CT molecular complexity index is 685. The summed E-state index contributed by atoms with van der Waals surface area (Å²) >= 11 is 1.50. The molecule has 1 saturated carbocycles. The number of alkyl halides is 3. The van der Waals surface area contributed by atoms with Crippen LogP contribution in [0.1, 0.15) is 29.2 Å². The third-order valence-corrected chi connectivity index (χ3v) is 4.57. The van der Waals surface area contributed by atoms with Crippen molar-refractivity contribution in [1.82, 2.24) is 10.3 Å². The molecule has 1 amide bonds. The number of halogens is 3. The predicted molar refractivity (Wildman–Crippen MR) is 81.1 cm³/mol. The van der Waals surface area contributed by atoms with Crippen LogP contribution in [0.15, 0.2) is 35.2 Å². The van der Waals surface area contributed by atoms with Crippen molar-refractivity contribution in [2.24, 2.45) is 5.92 Å². The summed E-state index contributed by atoms with van der Waals surface area (Å²) in [7, 11) is 0. The molecule has 1 fully saturated rings. The molecule has 0 spiro atoms. The number of hydrogen-bond donors (Lipinski definition) is 1. The minimum Gasteiger partial charge on any atom is -0.355 e. The molecule has 1 aliphatic rings. The zero-order valence-electron chi connectivity index (χ0n) is 12.1. The fraction of sp³-hybridized carbons (Fsp3) is 0.375. The van der Waals surface area contributed by atoms with Crippen molar-refractivity contribution in [3.63, 3.8) is 0 Å². The van der Waals surface area contributed by atoms with Crippen molar-refractivity contribution in [2.75, 3.05) is 6.54 Å². The zero-order valence-corrected chi connectivity index (χ0v) is 13.0. The lowest BCUT2D eigenvalue weighted by Crippen LogP contribution is -2.27. The van der Waals surface area contributed by atoms with Gasteiger partial charge in [0.05, 0.1) is 16.8 Å². The van der Waals surface area contributed by atoms with Crippen LogP contribution >= 0.6 is 11.3 Å². The van der Waals surface area contributed by atoms with Gasteiger partial charge in [0, 0.05) is 24.3 Å². The highest BCUT2D eigenvalue weighted by molar-refractivity contribution is 7.07. The van der Waals surface area contributed by atoms with E-state index in [0.717, 1.165) is 17.8 Å². The van der Waals surface area contributed by atoms with Crippen molar-refractivity contribution in [3.8, 4) is 0 Å². The van der Waals surface area contributed by atoms with E-state index in [1.807, 2.05) is 5.38 Å². The molecule has 1 aromatic heterocycles. The smallest absolute Gasteiger partial charge is 0.355 e. The molecule has 0 saturated heterocycles. The average Bonchev–Trinajstić information content (AvgIpc) is 3.16. The number of nitrogens with one attached hydrogen (secondary N) is 1. The largest absolute Gasteiger partial charge is 0.416 e. The summed E-state index contributed by atoms with van der Waals surface area (Å²) < 4.78 is 38.2. The molecule has 0 radical (unpaired) electrons. The van der Waals surface area contributed by atoms with E-state index in [4.69, 9.17) is 0 Å². The minimum atomic E-state index is -4.35. The van der Waals surface area contributed by atoms with Gasteiger partial charge in [0.2, 0.25) is 5.91 Å². The van der Waals surface area contributed by atoms with E-state index in [-0.39, 0.29) is 17.7 Å². The summed E-state index contributed by atoms with van der Waals surface area (Å²) in [5.41, 5.74) is 2.59. The van der Waals surface area contributed by atoms with E-state index in [0.29, 0.717) is 24.9 Å². The molecule has 0 aliphatic heterocycles. The molecular weight excluding hydrogens is 325 g/mol. The van der Waals surface area contributed by atoms with E-state index in [1.165, 1.54) is 17.4 Å². The van der Waals surface area contributed by atoms with Crippen LogP contribution in [0.5, 0.6) is 0 Å². The molecule has 0 bridgehead atoms. The summed E-state index contributed by atoms with van der Waals surface area (Å²) in [6.45, 7) is 0.494. The summed E-state index contributed by atoms with van der Waals surface area (Å²) in [6, 6.07) is 5.25. The number of amides is 1. The summed E-state index contributed by atoms with van der Waals surface area (Å²) in [6.07, 6.45) is -3.09. The second-order valence-corrected chi connectivity index (χ2v) is 6.31. The van der Waals surface area contributed by atoms with Gasteiger partial charge in [-0.3, -0.25) is 4.79 Å². The van der Waals surface area contributed by atoms with E-state index in [9.17, 15) is 18.0 Å². The van der Waals surface area contributed by atoms with Crippen LogP contribution in [0.3, 0.4) is 0 Å². The first kappa shape index (κ1) is 16.0. The highest BCUT2D eigenvalue weighted by Gasteiger charge is 2.44. The molecular formula is C16H15F3N2OS. The Hall–Kier alpha value is -1.89. The van der Waals surface area contributed by atoms with Crippen molar-refractivity contribution >= 4 is 17.2 Å². The maximum Gasteiger partial charge on any atom is 0.416 e. The number of rotatable bonds is 5. The van der Waals surface area contributed by atoms with Crippen molar-refractivity contribution in [2.45, 2.75) is 24.9 Å². The third kappa shape index (κ3) is 3.90. The van der Waals surface area contributed by atoms with Gasteiger partial charge in [-0.1, -0.05) is 18.2 Å². The first-order valence-corrected chi connectivity index (χ1v) is 8.21. The van der Waals surface area contributed by atoms with Crippen LogP contribution in [0.25, 0.3) is 0 Å². The molecule has 2 unspecified atom stereocenters. The zero-order chi connectivity index (χ0) is 16.4. The monoisotopic (exact) mass is 340 g/mol. The first-order chi connectivity index (χ1) is 10.9. The standard InChI is InChI=1S/C16H15F3N2OS/c17-16(18,19)11-3-1-2-10(6-11)13-7-14(13)15(22)20-5-4-12-8-23-9-21-12/h1-3,6,8-9,13-14H,4-5,7H2,(H,20,22). The number of thiazole rings is 1. The van der Waals surface area contributed by atoms with Crippen LogP contribution in [0, 0.1) is 5.92 Å². The Morgan fingerprint density at radius 2 is 2.22 bits per heavy atom. The summed E-state index contributed by atoms with van der Waals surface area (Å²) in [5.74, 6) is -0.437. The van der Waals surface area contributed by atoms with E-state index >= 15 is 0 Å². The van der Waals surface area contributed by atoms with Gasteiger partial charge in [-0.05, 0) is 24.0 Å². The molecule has 122 valence electrons. The average molecular weight is 340 g/mol. The normalized spacial score (nSPS) is 20.3. The Morgan fingerprint density at radius 3 is 2.91 bits per heavy atom. The Kier molecular flexibility index (Phi) is 4.39. The Balaban J connectivity index is 1.53. The van der Waals surface area contributed by atoms with Crippen molar-refractivity contribution < 1.29 is 18.0 Å². The predicted octanol–water partition coefficient (Wildman–Crippen LogP) is 3.62. The van der Waals surface area contributed by atoms with Crippen LogP contribution in [0.2, 0.25) is 0 Å². The maximum absolute atomic E-state index is 12.7. The molecule has 1 heterocycles. The topological polar surface area (TPSA) is 42.0 Å². The molecule has 3 rings (SSSR count). The van der Waals surface area contributed by atoms with Gasteiger partial charge in [0.25, 0.3) is 0 Å². The molecule has 2 atom stereocenters. The van der Waals surface area contributed by atoms with Crippen molar-refractivity contribution in [1.29, 1.82) is 0 Å². The number of benzene rings is 1. The second kappa shape index (κ2) is 6.31. The van der Waals surface area contributed by atoms with Gasteiger partial charge >= 0.3 is 6.18 Å². The first-order valence-electron chi connectivity index (χ1n) is 7.27. The van der Waals surface area contributed by atoms with Gasteiger partial charge < -0.3 is 5.32 Å². The number of hydrogen-bond acceptors (Lipinski definition) is 3. The second-order valence-electron chi connectivity index (χ2n) is 5.59. The van der Waals surface area contributed by atoms with E-state index < -0.39 is 11.7 Å². The van der Waals surface area contributed by atoms with Crippen LogP contribution < -0.4 is 5.32 Å². The molecule has 2 aromatic rings. The van der Waals surface area contributed by atoms with Gasteiger partial charge in [-0.15, -0.1) is 11.3 Å². The molecule has 3 nitrogen and oxygen atoms in total. The van der Waals surface area contributed by atoms with E-state index in [1.54, 1.807) is 11.6 Å². The van der Waals surface area contributed by atoms with Gasteiger partial charge in [0.1, 0.15) is 0 Å². The fourth-order valence-corrected chi connectivity index (χ4v) is 3.20. The van der Waals surface area contributed by atoms with Crippen LogP contribution in [-0.4, -0.2) is 17.4 Å². The van der Waals surface area contributed by atoms with Gasteiger partial charge in [-0.2, -0.15) is 13.2 Å². The van der Waals surface area contributed by atoms with Crippen molar-refractivity contribution in [3.05, 3.63) is 52.0 Å². The highest BCUT2D eigenvalue weighted by atomic mass is 32.1. The summed E-state index contributed by atoms with van der Waals surface area (Å²) in [5, 5.41) is 4.76. The number of nitrogens with zero attached hydrogens (tertiary/aromatic N) is 1. The fourth-order valence-electron chi connectivity index (χ4n) is 2.60. The lowest BCUT2D eigenvalue weighted by Gasteiger charge is -2.08. The van der Waals surface area contributed by atoms with Crippen LogP contribution in [0.4, 0.5) is 13.2 Å². The molecule has 1 N–H and O–H groups in total. The highest BCUT2D eigenvalue weighted by Crippen LogP contribution is 2.48. The Morgan fingerprint density at radius 1 is 1.39 bits per heavy atom. The number of carbonyl (C=O) groups is 1. The van der Waals surface area contributed by atoms with Gasteiger partial charge in [0.15, 0.2) is 0 Å². The van der Waals surface area contributed by atoms with Crippen LogP contribution in [-0.2, 0) is 17.4 Å².